The number of hydrogen-bond acceptors (Lipinski definition) is 7. The first kappa shape index (κ1) is 15.8. The fraction of sp³-hybridized carbons (Fsp3) is 0.786. The number of aromatic nitrogens is 3. The number of piperidine rings is 1. The van der Waals surface area contributed by atoms with Crippen LogP contribution in [0.2, 0.25) is 0 Å². The second-order valence-electron chi connectivity index (χ2n) is 6.39. The van der Waals surface area contributed by atoms with E-state index in [0.717, 1.165) is 19.6 Å². The van der Waals surface area contributed by atoms with Gasteiger partial charge in [0.25, 0.3) is 0 Å². The van der Waals surface area contributed by atoms with Gasteiger partial charge in [-0.25, -0.2) is 0 Å². The van der Waals surface area contributed by atoms with E-state index in [1.54, 1.807) is 0 Å². The molecule has 2 rings (SSSR count). The van der Waals surface area contributed by atoms with Crippen LogP contribution in [0.1, 0.15) is 19.8 Å². The Kier molecular flexibility index (Phi) is 4.82. The molecule has 0 radical (unpaired) electrons. The lowest BCUT2D eigenvalue weighted by atomic mass is 9.80. The molecule has 0 unspecified atom stereocenters. The lowest BCUT2D eigenvalue weighted by Gasteiger charge is -2.37. The molecule has 118 valence electrons. The Bertz CT molecular complexity index is 466. The van der Waals surface area contributed by atoms with Crippen LogP contribution in [-0.2, 0) is 0 Å². The highest BCUT2D eigenvalue weighted by Crippen LogP contribution is 2.30. The number of rotatable bonds is 5. The first-order valence-corrected chi connectivity index (χ1v) is 7.45. The highest BCUT2D eigenvalue weighted by Gasteiger charge is 2.28. The molecular weight excluding hydrogens is 266 g/mol. The van der Waals surface area contributed by atoms with Gasteiger partial charge in [0.05, 0.1) is 0 Å². The smallest absolute Gasteiger partial charge is 0.231 e. The molecule has 1 aliphatic heterocycles. The van der Waals surface area contributed by atoms with E-state index in [-0.39, 0.29) is 0 Å². The van der Waals surface area contributed by atoms with Crippen molar-refractivity contribution in [2.75, 3.05) is 63.4 Å². The maximum absolute atomic E-state index is 4.45. The Balaban J connectivity index is 2.04. The Morgan fingerprint density at radius 3 is 2.33 bits per heavy atom. The van der Waals surface area contributed by atoms with Gasteiger partial charge < -0.3 is 20.4 Å². The summed E-state index contributed by atoms with van der Waals surface area (Å²) < 4.78 is 0. The molecule has 0 spiro atoms. The fourth-order valence-electron chi connectivity index (χ4n) is 2.38. The van der Waals surface area contributed by atoms with E-state index in [1.807, 2.05) is 26.0 Å². The van der Waals surface area contributed by atoms with Gasteiger partial charge in [0.1, 0.15) is 0 Å². The summed E-state index contributed by atoms with van der Waals surface area (Å²) >= 11 is 0. The van der Waals surface area contributed by atoms with Crippen molar-refractivity contribution in [1.82, 2.24) is 19.9 Å². The van der Waals surface area contributed by atoms with E-state index in [9.17, 15) is 0 Å². The summed E-state index contributed by atoms with van der Waals surface area (Å²) in [5.41, 5.74) is 0.303. The van der Waals surface area contributed by atoms with Crippen LogP contribution in [0.3, 0.4) is 0 Å². The first-order valence-electron chi connectivity index (χ1n) is 7.45. The molecule has 0 amide bonds. The van der Waals surface area contributed by atoms with Crippen LogP contribution >= 0.6 is 0 Å². The van der Waals surface area contributed by atoms with Crippen molar-refractivity contribution >= 4 is 17.8 Å². The molecule has 0 saturated carbocycles. The summed E-state index contributed by atoms with van der Waals surface area (Å²) in [6.45, 7) is 5.53. The predicted molar refractivity (Wildman–Crippen MR) is 87.0 cm³/mol. The average Bonchev–Trinajstić information content (AvgIpc) is 2.48. The van der Waals surface area contributed by atoms with Crippen LogP contribution in [-0.4, -0.2) is 67.7 Å². The van der Waals surface area contributed by atoms with Crippen molar-refractivity contribution in [3.05, 3.63) is 0 Å². The molecule has 2 heterocycles. The van der Waals surface area contributed by atoms with Gasteiger partial charge in [-0.15, -0.1) is 0 Å². The van der Waals surface area contributed by atoms with Gasteiger partial charge in [0.15, 0.2) is 0 Å². The molecule has 7 heteroatoms. The minimum Gasteiger partial charge on any atom is -0.357 e. The zero-order valence-corrected chi connectivity index (χ0v) is 13.8. The highest BCUT2D eigenvalue weighted by atomic mass is 15.3. The Labute approximate surface area is 127 Å². The zero-order valence-electron chi connectivity index (χ0n) is 13.8. The molecule has 1 saturated heterocycles. The number of nitrogens with zero attached hydrogens (tertiary/aromatic N) is 5. The molecule has 1 aromatic rings. The third-order valence-electron chi connectivity index (χ3n) is 4.11. The number of anilines is 3. The van der Waals surface area contributed by atoms with E-state index in [0.29, 0.717) is 23.3 Å². The molecule has 1 aromatic heterocycles. The summed E-state index contributed by atoms with van der Waals surface area (Å²) in [4.78, 5) is 17.4. The summed E-state index contributed by atoms with van der Waals surface area (Å²) in [5.74, 6) is 1.88. The van der Waals surface area contributed by atoms with E-state index in [1.165, 1.54) is 12.8 Å². The quantitative estimate of drug-likeness (QED) is 0.843. The lowest BCUT2D eigenvalue weighted by molar-refractivity contribution is 0.150. The molecule has 0 aliphatic carbocycles. The van der Waals surface area contributed by atoms with Gasteiger partial charge in [0.2, 0.25) is 17.8 Å². The number of likely N-dealkylation sites (tertiary alicyclic amines) is 1. The van der Waals surface area contributed by atoms with Crippen molar-refractivity contribution < 1.29 is 0 Å². The summed E-state index contributed by atoms with van der Waals surface area (Å²) in [6.07, 6.45) is 2.39. The molecule has 1 fully saturated rings. The van der Waals surface area contributed by atoms with Crippen molar-refractivity contribution in [3.8, 4) is 0 Å². The molecule has 0 aromatic carbocycles. The molecule has 1 aliphatic rings. The van der Waals surface area contributed by atoms with E-state index >= 15 is 0 Å². The Morgan fingerprint density at radius 1 is 1.14 bits per heavy atom. The lowest BCUT2D eigenvalue weighted by Crippen LogP contribution is -2.40. The molecule has 21 heavy (non-hydrogen) atoms. The van der Waals surface area contributed by atoms with Crippen molar-refractivity contribution in [2.45, 2.75) is 19.8 Å². The fourth-order valence-corrected chi connectivity index (χ4v) is 2.38. The van der Waals surface area contributed by atoms with Crippen LogP contribution in [0.15, 0.2) is 0 Å². The number of nitrogens with one attached hydrogen (secondary N) is 2. The van der Waals surface area contributed by atoms with Gasteiger partial charge in [-0.05, 0) is 38.4 Å². The van der Waals surface area contributed by atoms with Crippen LogP contribution in [0.25, 0.3) is 0 Å². The van der Waals surface area contributed by atoms with Crippen LogP contribution in [0.5, 0.6) is 0 Å². The maximum atomic E-state index is 4.45. The summed E-state index contributed by atoms with van der Waals surface area (Å²) in [5, 5.41) is 6.37. The molecular formula is C14H27N7. The molecule has 7 nitrogen and oxygen atoms in total. The third kappa shape index (κ3) is 4.17. The third-order valence-corrected chi connectivity index (χ3v) is 4.11. The van der Waals surface area contributed by atoms with Crippen molar-refractivity contribution in [3.63, 3.8) is 0 Å². The van der Waals surface area contributed by atoms with Crippen LogP contribution in [0, 0.1) is 5.41 Å². The predicted octanol–water partition coefficient (Wildman–Crippen LogP) is 1.12. The van der Waals surface area contributed by atoms with Crippen LogP contribution in [0.4, 0.5) is 17.8 Å². The molecule has 2 N–H and O–H groups in total. The van der Waals surface area contributed by atoms with E-state index in [4.69, 9.17) is 0 Å². The molecule has 0 bridgehead atoms. The van der Waals surface area contributed by atoms with E-state index in [2.05, 4.69) is 44.5 Å². The minimum atomic E-state index is 0.303. The van der Waals surface area contributed by atoms with E-state index < -0.39 is 0 Å². The topological polar surface area (TPSA) is 69.2 Å². The Hall–Kier alpha value is -1.63. The van der Waals surface area contributed by atoms with Gasteiger partial charge in [-0.2, -0.15) is 15.0 Å². The normalized spacial score (nSPS) is 18.3. The van der Waals surface area contributed by atoms with Crippen molar-refractivity contribution in [2.24, 2.45) is 5.41 Å². The number of hydrogen-bond donors (Lipinski definition) is 2. The standard InChI is InChI=1S/C14H27N7/c1-14(6-8-21(5)9-7-14)10-16-12-17-11(15-2)18-13(19-12)20(3)4/h6-10H2,1-5H3,(H2,15,16,17,18,19). The summed E-state index contributed by atoms with van der Waals surface area (Å²) in [7, 11) is 7.85. The van der Waals surface area contributed by atoms with Gasteiger partial charge in [-0.3, -0.25) is 0 Å². The average molecular weight is 293 g/mol. The SMILES string of the molecule is CNc1nc(NCC2(C)CCN(C)CC2)nc(N(C)C)n1. The minimum absolute atomic E-state index is 0.303. The summed E-state index contributed by atoms with van der Waals surface area (Å²) in [6, 6.07) is 0. The van der Waals surface area contributed by atoms with Gasteiger partial charge in [0, 0.05) is 27.7 Å². The van der Waals surface area contributed by atoms with Gasteiger partial charge in [-0.1, -0.05) is 6.92 Å². The zero-order chi connectivity index (χ0) is 15.5. The Morgan fingerprint density at radius 2 is 1.76 bits per heavy atom. The second kappa shape index (κ2) is 6.43. The second-order valence-corrected chi connectivity index (χ2v) is 6.39. The molecule has 0 atom stereocenters. The van der Waals surface area contributed by atoms with Gasteiger partial charge >= 0.3 is 0 Å². The van der Waals surface area contributed by atoms with Crippen LogP contribution < -0.4 is 15.5 Å². The largest absolute Gasteiger partial charge is 0.357 e. The first-order chi connectivity index (χ1) is 9.92. The highest BCUT2D eigenvalue weighted by molar-refractivity contribution is 5.42. The van der Waals surface area contributed by atoms with Crippen molar-refractivity contribution in [1.29, 1.82) is 0 Å². The maximum Gasteiger partial charge on any atom is 0.231 e. The monoisotopic (exact) mass is 293 g/mol.